The molecule has 2 atom stereocenters. The highest BCUT2D eigenvalue weighted by Gasteiger charge is 2.48. The molecule has 1 heterocycles. The Morgan fingerprint density at radius 3 is 2.72 bits per heavy atom. The highest BCUT2D eigenvalue weighted by Crippen LogP contribution is 2.50. The van der Waals surface area contributed by atoms with E-state index in [0.29, 0.717) is 24.2 Å². The van der Waals surface area contributed by atoms with E-state index in [9.17, 15) is 13.6 Å². The van der Waals surface area contributed by atoms with Gasteiger partial charge in [-0.15, -0.1) is 12.4 Å². The minimum atomic E-state index is -0.860. The molecule has 0 aromatic heterocycles. The van der Waals surface area contributed by atoms with Crippen LogP contribution >= 0.6 is 12.4 Å². The van der Waals surface area contributed by atoms with Crippen molar-refractivity contribution in [1.82, 2.24) is 0 Å². The molecule has 1 amide bonds. The molecule has 2 aromatic rings. The summed E-state index contributed by atoms with van der Waals surface area (Å²) in [6.07, 6.45) is 2.28. The quantitative estimate of drug-likeness (QED) is 0.817. The molecule has 1 aliphatic heterocycles. The van der Waals surface area contributed by atoms with Crippen molar-refractivity contribution in [3.63, 3.8) is 0 Å². The molecule has 3 nitrogen and oxygen atoms in total. The molecule has 6 heteroatoms. The summed E-state index contributed by atoms with van der Waals surface area (Å²) in [6, 6.07) is 9.75. The Hall–Kier alpha value is -2.14. The summed E-state index contributed by atoms with van der Waals surface area (Å²) in [6.45, 7) is 0.643. The van der Waals surface area contributed by atoms with Crippen molar-refractivity contribution in [3.8, 4) is 0 Å². The number of nitrogens with two attached hydrogens (primary N) is 1. The number of rotatable bonds is 2. The summed E-state index contributed by atoms with van der Waals surface area (Å²) < 4.78 is 27.4. The van der Waals surface area contributed by atoms with E-state index in [2.05, 4.69) is 0 Å². The van der Waals surface area contributed by atoms with E-state index < -0.39 is 11.6 Å². The maximum atomic E-state index is 13.9. The Bertz CT molecular complexity index is 827. The molecular formula is C19H19ClF2N2O. The highest BCUT2D eigenvalue weighted by molar-refractivity contribution is 5.99. The van der Waals surface area contributed by atoms with Gasteiger partial charge in [0.1, 0.15) is 0 Å². The molecule has 2 N–H and O–H groups in total. The predicted molar refractivity (Wildman–Crippen MR) is 96.0 cm³/mol. The van der Waals surface area contributed by atoms with Gasteiger partial charge in [-0.25, -0.2) is 8.78 Å². The number of nitrogens with zero attached hydrogens (tertiary/aromatic N) is 1. The number of carbonyl (C=O) groups is 1. The van der Waals surface area contributed by atoms with E-state index in [1.165, 1.54) is 6.07 Å². The van der Waals surface area contributed by atoms with Gasteiger partial charge in [0.2, 0.25) is 5.91 Å². The van der Waals surface area contributed by atoms with Crippen molar-refractivity contribution in [1.29, 1.82) is 0 Å². The fourth-order valence-electron chi connectivity index (χ4n) is 3.70. The summed E-state index contributed by atoms with van der Waals surface area (Å²) in [5.41, 5.74) is 8.89. The lowest BCUT2D eigenvalue weighted by atomic mass is 9.99. The van der Waals surface area contributed by atoms with E-state index in [1.54, 1.807) is 11.0 Å². The number of benzene rings is 2. The van der Waals surface area contributed by atoms with Crippen molar-refractivity contribution in [2.24, 2.45) is 5.92 Å². The summed E-state index contributed by atoms with van der Waals surface area (Å²) in [4.78, 5) is 14.6. The summed E-state index contributed by atoms with van der Waals surface area (Å²) in [5.74, 6) is -2.23. The van der Waals surface area contributed by atoms with Crippen LogP contribution in [0, 0.1) is 17.6 Å². The summed E-state index contributed by atoms with van der Waals surface area (Å²) >= 11 is 0. The van der Waals surface area contributed by atoms with Crippen LogP contribution in [-0.2, 0) is 11.2 Å². The van der Waals surface area contributed by atoms with Gasteiger partial charge in [0.25, 0.3) is 0 Å². The van der Waals surface area contributed by atoms with Gasteiger partial charge in [0.05, 0.1) is 0 Å². The molecule has 2 unspecified atom stereocenters. The van der Waals surface area contributed by atoms with Crippen molar-refractivity contribution < 1.29 is 13.6 Å². The molecule has 1 fully saturated rings. The topological polar surface area (TPSA) is 46.3 Å². The Morgan fingerprint density at radius 2 is 1.92 bits per heavy atom. The fraction of sp³-hybridized carbons (Fsp3) is 0.316. The first-order chi connectivity index (χ1) is 11.6. The third kappa shape index (κ3) is 2.97. The van der Waals surface area contributed by atoms with Crippen molar-refractivity contribution in [3.05, 3.63) is 59.2 Å². The first kappa shape index (κ1) is 17.7. The monoisotopic (exact) mass is 364 g/mol. The second kappa shape index (κ2) is 6.64. The van der Waals surface area contributed by atoms with Crippen molar-refractivity contribution >= 4 is 29.7 Å². The van der Waals surface area contributed by atoms with E-state index in [1.807, 2.05) is 18.2 Å². The number of amides is 1. The van der Waals surface area contributed by atoms with Gasteiger partial charge >= 0.3 is 0 Å². The molecule has 1 saturated carbocycles. The Balaban J connectivity index is 0.00000182. The number of nitrogen functional groups attached to an aromatic ring is 1. The Morgan fingerprint density at radius 1 is 1.16 bits per heavy atom. The van der Waals surface area contributed by atoms with E-state index in [0.717, 1.165) is 30.2 Å². The van der Waals surface area contributed by atoms with Crippen molar-refractivity contribution in [2.45, 2.75) is 25.2 Å². The number of fused-ring (bicyclic) bond motifs is 1. The smallest absolute Gasteiger partial charge is 0.230 e. The number of hydrogen-bond donors (Lipinski definition) is 1. The minimum absolute atomic E-state index is 0. The van der Waals surface area contributed by atoms with Crippen LogP contribution < -0.4 is 10.6 Å². The molecule has 0 bridgehead atoms. The van der Waals surface area contributed by atoms with Crippen LogP contribution in [0.5, 0.6) is 0 Å². The lowest BCUT2D eigenvalue weighted by molar-refractivity contribution is -0.120. The number of halogens is 3. The van der Waals surface area contributed by atoms with Gasteiger partial charge in [-0.2, -0.15) is 0 Å². The second-order valence-corrected chi connectivity index (χ2v) is 6.53. The second-order valence-electron chi connectivity index (χ2n) is 6.53. The zero-order chi connectivity index (χ0) is 16.8. The maximum absolute atomic E-state index is 13.9. The van der Waals surface area contributed by atoms with Gasteiger partial charge in [-0.05, 0) is 54.5 Å². The Labute approximate surface area is 151 Å². The maximum Gasteiger partial charge on any atom is 0.230 e. The molecule has 0 saturated heterocycles. The van der Waals surface area contributed by atoms with E-state index in [-0.39, 0.29) is 30.2 Å². The third-order valence-electron chi connectivity index (χ3n) is 5.04. The van der Waals surface area contributed by atoms with Crippen LogP contribution in [0.2, 0.25) is 0 Å². The Kier molecular flexibility index (Phi) is 4.69. The first-order valence-corrected chi connectivity index (χ1v) is 8.20. The third-order valence-corrected chi connectivity index (χ3v) is 5.04. The number of hydrogen-bond acceptors (Lipinski definition) is 2. The average molecular weight is 365 g/mol. The fourth-order valence-corrected chi connectivity index (χ4v) is 3.70. The van der Waals surface area contributed by atoms with Crippen molar-refractivity contribution in [2.75, 3.05) is 17.2 Å². The summed E-state index contributed by atoms with van der Waals surface area (Å²) in [7, 11) is 0. The number of anilines is 2. The molecule has 2 aliphatic rings. The largest absolute Gasteiger partial charge is 0.398 e. The molecule has 0 spiro atoms. The van der Waals surface area contributed by atoms with Gasteiger partial charge in [-0.3, -0.25) is 4.79 Å². The van der Waals surface area contributed by atoms with E-state index in [4.69, 9.17) is 5.73 Å². The van der Waals surface area contributed by atoms with Crippen LogP contribution in [0.1, 0.15) is 29.9 Å². The normalized spacial score (nSPS) is 21.3. The zero-order valence-corrected chi connectivity index (χ0v) is 14.4. The first-order valence-electron chi connectivity index (χ1n) is 8.20. The highest BCUT2D eigenvalue weighted by atomic mass is 35.5. The zero-order valence-electron chi connectivity index (χ0n) is 13.5. The van der Waals surface area contributed by atoms with Gasteiger partial charge in [0.15, 0.2) is 11.6 Å². The molecule has 25 heavy (non-hydrogen) atoms. The molecule has 1 aliphatic carbocycles. The minimum Gasteiger partial charge on any atom is -0.398 e. The van der Waals surface area contributed by atoms with Crippen LogP contribution in [0.3, 0.4) is 0 Å². The molecule has 0 radical (unpaired) electrons. The number of carbonyl (C=O) groups excluding carboxylic acids is 1. The average Bonchev–Trinajstić information content (AvgIpc) is 3.37. The van der Waals surface area contributed by atoms with Gasteiger partial charge in [0, 0.05) is 23.8 Å². The van der Waals surface area contributed by atoms with Crippen LogP contribution in [-0.4, -0.2) is 12.5 Å². The molecule has 132 valence electrons. The lowest BCUT2D eigenvalue weighted by Crippen LogP contribution is -2.37. The van der Waals surface area contributed by atoms with Crippen LogP contribution in [0.25, 0.3) is 0 Å². The summed E-state index contributed by atoms with van der Waals surface area (Å²) in [5, 5.41) is 0. The standard InChI is InChI=1S/C19H18F2N2O.ClH/c20-15-6-1-4-11(18(15)21)13-10-14(13)19(24)23-9-3-5-12-16(22)7-2-8-17(12)23;/h1-2,4,6-8,13-14H,3,5,9-10,22H2;1H. The SMILES string of the molecule is Cl.Nc1cccc2c1CCCN2C(=O)C1CC1c1cccc(F)c1F. The van der Waals surface area contributed by atoms with Crippen LogP contribution in [0.15, 0.2) is 36.4 Å². The van der Waals surface area contributed by atoms with Gasteiger partial charge < -0.3 is 10.6 Å². The molecule has 4 rings (SSSR count). The van der Waals surface area contributed by atoms with Gasteiger partial charge in [-0.1, -0.05) is 18.2 Å². The predicted octanol–water partition coefficient (Wildman–Crippen LogP) is 4.05. The van der Waals surface area contributed by atoms with E-state index >= 15 is 0 Å². The molecular weight excluding hydrogens is 346 g/mol. The van der Waals surface area contributed by atoms with Crippen LogP contribution in [0.4, 0.5) is 20.2 Å². The molecule has 2 aromatic carbocycles. The lowest BCUT2D eigenvalue weighted by Gasteiger charge is -2.30.